The predicted molar refractivity (Wildman–Crippen MR) is 160 cm³/mol. The highest BCUT2D eigenvalue weighted by molar-refractivity contribution is 6.30. The lowest BCUT2D eigenvalue weighted by Gasteiger charge is -2.27. The van der Waals surface area contributed by atoms with E-state index in [1.165, 1.54) is 6.07 Å². The Kier molecular flexibility index (Phi) is 8.61. The first kappa shape index (κ1) is 29.7. The largest absolute Gasteiger partial charge is 0.481 e. The summed E-state index contributed by atoms with van der Waals surface area (Å²) in [5.74, 6) is -3.17. The number of aryl methyl sites for hydroxylation is 2. The molecule has 0 saturated carbocycles. The first-order valence-corrected chi connectivity index (χ1v) is 14.4. The van der Waals surface area contributed by atoms with Crippen LogP contribution in [0, 0.1) is 11.7 Å². The smallest absolute Gasteiger partial charge is 0.309 e. The second kappa shape index (κ2) is 12.2. The Labute approximate surface area is 250 Å². The lowest BCUT2D eigenvalue weighted by atomic mass is 9.82. The number of amides is 1. The molecule has 222 valence electrons. The van der Waals surface area contributed by atoms with E-state index < -0.39 is 29.7 Å². The van der Waals surface area contributed by atoms with Crippen molar-refractivity contribution in [2.24, 2.45) is 5.92 Å². The van der Waals surface area contributed by atoms with Gasteiger partial charge in [0, 0.05) is 49.0 Å². The van der Waals surface area contributed by atoms with Crippen LogP contribution in [0.15, 0.2) is 48.5 Å². The van der Waals surface area contributed by atoms with Crippen LogP contribution in [-0.4, -0.2) is 55.9 Å². The molecule has 10 heteroatoms. The van der Waals surface area contributed by atoms with Crippen molar-refractivity contribution in [3.63, 3.8) is 0 Å². The lowest BCUT2D eigenvalue weighted by Crippen LogP contribution is -2.35. The summed E-state index contributed by atoms with van der Waals surface area (Å²) < 4.78 is 25.6. The van der Waals surface area contributed by atoms with E-state index >= 15 is 0 Å². The number of rotatable bonds is 9. The number of likely N-dealkylation sites (tertiary alicyclic amines) is 1. The Hall–Kier alpha value is -3.82. The summed E-state index contributed by atoms with van der Waals surface area (Å²) in [4.78, 5) is 30.3. The number of nitrogens with zero attached hydrogens (tertiary/aromatic N) is 2. The third-order valence-electron chi connectivity index (χ3n) is 8.15. The molecule has 0 unspecified atom stereocenters. The molecule has 42 heavy (non-hydrogen) atoms. The van der Waals surface area contributed by atoms with Crippen molar-refractivity contribution in [1.29, 1.82) is 0 Å². The third-order valence-corrected chi connectivity index (χ3v) is 8.37. The van der Waals surface area contributed by atoms with E-state index in [-0.39, 0.29) is 37.3 Å². The Morgan fingerprint density at radius 1 is 1.05 bits per heavy atom. The van der Waals surface area contributed by atoms with Crippen molar-refractivity contribution >= 4 is 34.9 Å². The molecule has 0 bridgehead atoms. The van der Waals surface area contributed by atoms with Crippen LogP contribution in [0.2, 0.25) is 5.02 Å². The monoisotopic (exact) mass is 595 g/mol. The zero-order chi connectivity index (χ0) is 30.1. The molecule has 1 saturated heterocycles. The Morgan fingerprint density at radius 2 is 1.71 bits per heavy atom. The molecule has 3 aromatic carbocycles. The fraction of sp³-hybridized carbons (Fsp3) is 0.375. The predicted octanol–water partition coefficient (Wildman–Crippen LogP) is 5.88. The highest BCUT2D eigenvalue weighted by atomic mass is 35.5. The summed E-state index contributed by atoms with van der Waals surface area (Å²) in [5, 5.41) is 14.2. The summed E-state index contributed by atoms with van der Waals surface area (Å²) in [6, 6.07) is 13.7. The number of nitrogens with one attached hydrogen (secondary N) is 1. The number of carbonyl (C=O) groups is 2. The maximum atomic E-state index is 14.9. The summed E-state index contributed by atoms with van der Waals surface area (Å²) >= 11 is 6.31. The normalized spacial score (nSPS) is 19.6. The van der Waals surface area contributed by atoms with Gasteiger partial charge in [-0.2, -0.15) is 0 Å². The van der Waals surface area contributed by atoms with Crippen LogP contribution in [0.4, 0.5) is 15.8 Å². The number of hydrogen-bond donors (Lipinski definition) is 2. The average Bonchev–Trinajstić information content (AvgIpc) is 3.59. The van der Waals surface area contributed by atoms with Crippen LogP contribution in [0.3, 0.4) is 0 Å². The van der Waals surface area contributed by atoms with E-state index in [1.807, 2.05) is 74.1 Å². The Morgan fingerprint density at radius 3 is 2.31 bits per heavy atom. The fourth-order valence-electron chi connectivity index (χ4n) is 6.11. The molecule has 8 nitrogen and oxygen atoms in total. The maximum Gasteiger partial charge on any atom is 0.309 e. The van der Waals surface area contributed by atoms with Gasteiger partial charge in [0.05, 0.1) is 12.5 Å². The number of carboxylic acid groups (broad SMARTS) is 1. The Bertz CT molecular complexity index is 1470. The van der Waals surface area contributed by atoms with E-state index in [9.17, 15) is 19.1 Å². The molecule has 0 aliphatic carbocycles. The molecule has 0 aromatic heterocycles. The molecular formula is C32H35ClFN3O5. The number of anilines is 2. The molecule has 3 aromatic rings. The molecular weight excluding hydrogens is 561 g/mol. The second-order valence-corrected chi connectivity index (χ2v) is 11.4. The van der Waals surface area contributed by atoms with Crippen LogP contribution in [0.25, 0.3) is 0 Å². The minimum absolute atomic E-state index is 0.0251. The zero-order valence-electron chi connectivity index (χ0n) is 24.1. The molecule has 1 fully saturated rings. The van der Waals surface area contributed by atoms with Gasteiger partial charge < -0.3 is 24.8 Å². The van der Waals surface area contributed by atoms with E-state index in [1.54, 1.807) is 6.07 Å². The van der Waals surface area contributed by atoms with Crippen molar-refractivity contribution in [1.82, 2.24) is 4.90 Å². The van der Waals surface area contributed by atoms with Gasteiger partial charge in [0.1, 0.15) is 0 Å². The molecule has 0 spiro atoms. The van der Waals surface area contributed by atoms with Crippen molar-refractivity contribution < 1.29 is 28.6 Å². The van der Waals surface area contributed by atoms with E-state index in [4.69, 9.17) is 21.1 Å². The standard InChI is InChI=1S/C32H35ClFN3O5/c1-5-18-11-22(33)12-19(6-2)29(18)35-27(38)16-37-15-24(21-13-25(34)31-26(14-21)41-17-42-31)28(32(39)40)30(37)20-7-9-23(10-8-20)36(3)4/h7-14,24,28,30H,5-6,15-17H2,1-4H3,(H,35,38)(H,39,40)/t24-,28-,30+/m1/s1. The summed E-state index contributed by atoms with van der Waals surface area (Å²) in [7, 11) is 3.86. The average molecular weight is 596 g/mol. The molecule has 5 rings (SSSR count). The SMILES string of the molecule is CCc1cc(Cl)cc(CC)c1NC(=O)CN1C[C@H](c2cc(F)c3c(c2)OCO3)[C@@H](C(=O)O)[C@@H]1c1ccc(N(C)C)cc1. The zero-order valence-corrected chi connectivity index (χ0v) is 24.9. The number of ether oxygens (including phenoxy) is 2. The lowest BCUT2D eigenvalue weighted by molar-refractivity contribution is -0.143. The number of hydrogen-bond acceptors (Lipinski definition) is 6. The quantitative estimate of drug-likeness (QED) is 0.319. The van der Waals surface area contributed by atoms with Crippen LogP contribution in [0.5, 0.6) is 11.5 Å². The molecule has 2 aliphatic rings. The van der Waals surface area contributed by atoms with Gasteiger partial charge in [-0.1, -0.05) is 37.6 Å². The first-order valence-electron chi connectivity index (χ1n) is 14.1. The van der Waals surface area contributed by atoms with Gasteiger partial charge in [0.2, 0.25) is 18.4 Å². The molecule has 2 aliphatic heterocycles. The van der Waals surface area contributed by atoms with Crippen LogP contribution in [0.1, 0.15) is 48.1 Å². The van der Waals surface area contributed by atoms with Gasteiger partial charge in [-0.3, -0.25) is 14.5 Å². The van der Waals surface area contributed by atoms with E-state index in [0.717, 1.165) is 28.1 Å². The molecule has 1 amide bonds. The minimum Gasteiger partial charge on any atom is -0.481 e. The molecule has 2 N–H and O–H groups in total. The van der Waals surface area contributed by atoms with Crippen molar-refractivity contribution in [2.75, 3.05) is 44.2 Å². The molecule has 2 heterocycles. The van der Waals surface area contributed by atoms with Crippen molar-refractivity contribution in [3.05, 3.63) is 81.6 Å². The number of aliphatic carboxylic acids is 1. The van der Waals surface area contributed by atoms with Gasteiger partial charge >= 0.3 is 5.97 Å². The summed E-state index contributed by atoms with van der Waals surface area (Å²) in [5.41, 5.74) is 4.82. The second-order valence-electron chi connectivity index (χ2n) is 10.9. The maximum absolute atomic E-state index is 14.9. The highest BCUT2D eigenvalue weighted by Gasteiger charge is 2.48. The van der Waals surface area contributed by atoms with Gasteiger partial charge in [-0.05, 0) is 71.5 Å². The minimum atomic E-state index is -1.03. The number of fused-ring (bicyclic) bond motifs is 1. The van der Waals surface area contributed by atoms with Gasteiger partial charge in [-0.15, -0.1) is 0 Å². The number of carbonyl (C=O) groups excluding carboxylic acids is 1. The highest BCUT2D eigenvalue weighted by Crippen LogP contribution is 2.48. The van der Waals surface area contributed by atoms with Gasteiger partial charge in [-0.25, -0.2) is 4.39 Å². The van der Waals surface area contributed by atoms with Crippen molar-refractivity contribution in [3.8, 4) is 11.5 Å². The van der Waals surface area contributed by atoms with Crippen LogP contribution >= 0.6 is 11.6 Å². The summed E-state index contributed by atoms with van der Waals surface area (Å²) in [6.07, 6.45) is 1.37. The van der Waals surface area contributed by atoms with E-state index in [0.29, 0.717) is 23.4 Å². The van der Waals surface area contributed by atoms with E-state index in [2.05, 4.69) is 5.32 Å². The van der Waals surface area contributed by atoms with Gasteiger partial charge in [0.15, 0.2) is 11.6 Å². The third kappa shape index (κ3) is 5.76. The number of benzene rings is 3. The topological polar surface area (TPSA) is 91.3 Å². The first-order chi connectivity index (χ1) is 20.1. The van der Waals surface area contributed by atoms with Crippen molar-refractivity contribution in [2.45, 2.75) is 38.6 Å². The molecule has 0 radical (unpaired) electrons. The van der Waals surface area contributed by atoms with Gasteiger partial charge in [0.25, 0.3) is 0 Å². The summed E-state index contributed by atoms with van der Waals surface area (Å²) in [6.45, 7) is 4.08. The van der Waals surface area contributed by atoms with Crippen LogP contribution < -0.4 is 19.7 Å². The number of carboxylic acids is 1. The fourth-order valence-corrected chi connectivity index (χ4v) is 6.37. The molecule has 3 atom stereocenters. The van der Waals surface area contributed by atoms with Crippen LogP contribution in [-0.2, 0) is 22.4 Å². The number of halogens is 2. The Balaban J connectivity index is 1.51.